The summed E-state index contributed by atoms with van der Waals surface area (Å²) in [6.45, 7) is 3.18. The molecule has 0 bridgehead atoms. The van der Waals surface area contributed by atoms with Gasteiger partial charge in [0.25, 0.3) is 0 Å². The van der Waals surface area contributed by atoms with E-state index in [9.17, 15) is 0 Å². The molecule has 3 rings (SSSR count). The summed E-state index contributed by atoms with van der Waals surface area (Å²) in [4.78, 5) is 0. The number of halogens is 1. The molecule has 0 amide bonds. The summed E-state index contributed by atoms with van der Waals surface area (Å²) >= 11 is 5.68. The fourth-order valence-electron chi connectivity index (χ4n) is 2.48. The van der Waals surface area contributed by atoms with E-state index in [2.05, 4.69) is 20.6 Å². The molecule has 0 radical (unpaired) electrons. The third-order valence-corrected chi connectivity index (χ3v) is 3.87. The molecule has 0 spiro atoms. The van der Waals surface area contributed by atoms with Crippen molar-refractivity contribution in [3.05, 3.63) is 29.7 Å². The van der Waals surface area contributed by atoms with Crippen LogP contribution in [0.3, 0.4) is 0 Å². The lowest BCUT2D eigenvalue weighted by Gasteiger charge is -2.22. The maximum absolute atomic E-state index is 5.68. The Morgan fingerprint density at radius 2 is 2.14 bits per heavy atom. The van der Waals surface area contributed by atoms with Crippen molar-refractivity contribution in [1.82, 2.24) is 25.3 Å². The van der Waals surface area contributed by atoms with E-state index < -0.39 is 0 Å². The molecular formula is C14H18ClN5O. The molecule has 0 aromatic carbocycles. The molecule has 0 unspecified atom stereocenters. The summed E-state index contributed by atoms with van der Waals surface area (Å²) in [6.07, 6.45) is 7.25. The third-order valence-electron chi connectivity index (χ3n) is 3.66. The van der Waals surface area contributed by atoms with Gasteiger partial charge in [-0.25, -0.2) is 0 Å². The van der Waals surface area contributed by atoms with Gasteiger partial charge in [-0.1, -0.05) is 11.6 Å². The number of nitrogens with zero attached hydrogens (tertiary/aromatic N) is 4. The van der Waals surface area contributed by atoms with Crippen molar-refractivity contribution in [1.29, 1.82) is 0 Å². The van der Waals surface area contributed by atoms with Crippen molar-refractivity contribution >= 4 is 11.6 Å². The number of nitrogens with one attached hydrogen (secondary N) is 1. The van der Waals surface area contributed by atoms with E-state index in [0.717, 1.165) is 32.0 Å². The van der Waals surface area contributed by atoms with Crippen molar-refractivity contribution in [2.75, 3.05) is 13.1 Å². The molecule has 0 aliphatic carbocycles. The average molecular weight is 308 g/mol. The van der Waals surface area contributed by atoms with E-state index >= 15 is 0 Å². The van der Waals surface area contributed by atoms with Gasteiger partial charge in [-0.05, 0) is 44.3 Å². The number of aryl methyl sites for hydroxylation is 1. The number of ether oxygens (including phenoxy) is 1. The highest BCUT2D eigenvalue weighted by atomic mass is 35.5. The Morgan fingerprint density at radius 3 is 2.90 bits per heavy atom. The quantitative estimate of drug-likeness (QED) is 0.919. The van der Waals surface area contributed by atoms with Gasteiger partial charge in [-0.3, -0.25) is 4.68 Å². The first-order valence-corrected chi connectivity index (χ1v) is 7.57. The van der Waals surface area contributed by atoms with Crippen LogP contribution in [0.5, 0.6) is 11.6 Å². The van der Waals surface area contributed by atoms with Crippen LogP contribution in [0.2, 0.25) is 5.15 Å². The smallest absolute Gasteiger partial charge is 0.239 e. The predicted molar refractivity (Wildman–Crippen MR) is 79.6 cm³/mol. The largest absolute Gasteiger partial charge is 0.434 e. The second kappa shape index (κ2) is 6.87. The van der Waals surface area contributed by atoms with E-state index in [0.29, 0.717) is 16.8 Å². The summed E-state index contributed by atoms with van der Waals surface area (Å²) in [5.74, 6) is 1.87. The molecule has 1 fully saturated rings. The highest BCUT2D eigenvalue weighted by Crippen LogP contribution is 2.20. The minimum atomic E-state index is 0.347. The zero-order chi connectivity index (χ0) is 14.5. The van der Waals surface area contributed by atoms with Gasteiger partial charge in [0.15, 0.2) is 10.9 Å². The third kappa shape index (κ3) is 4.15. The lowest BCUT2D eigenvalue weighted by atomic mass is 9.95. The van der Waals surface area contributed by atoms with Crippen molar-refractivity contribution in [3.63, 3.8) is 0 Å². The number of aromatic nitrogens is 4. The van der Waals surface area contributed by atoms with E-state index in [1.807, 2.05) is 10.9 Å². The second-order valence-electron chi connectivity index (χ2n) is 5.22. The Balaban J connectivity index is 1.52. The van der Waals surface area contributed by atoms with Crippen molar-refractivity contribution < 1.29 is 4.74 Å². The van der Waals surface area contributed by atoms with Crippen molar-refractivity contribution in [2.24, 2.45) is 5.92 Å². The van der Waals surface area contributed by atoms with Crippen LogP contribution in [-0.2, 0) is 6.54 Å². The van der Waals surface area contributed by atoms with Crippen LogP contribution >= 0.6 is 11.6 Å². The molecule has 1 aliphatic rings. The van der Waals surface area contributed by atoms with Crippen molar-refractivity contribution in [3.8, 4) is 11.6 Å². The Bertz CT molecular complexity index is 565. The maximum Gasteiger partial charge on any atom is 0.239 e. The van der Waals surface area contributed by atoms with Crippen LogP contribution in [0.15, 0.2) is 24.5 Å². The molecule has 21 heavy (non-hydrogen) atoms. The normalized spacial score (nSPS) is 16.0. The van der Waals surface area contributed by atoms with Crippen LogP contribution in [0, 0.1) is 5.92 Å². The highest BCUT2D eigenvalue weighted by molar-refractivity contribution is 6.29. The van der Waals surface area contributed by atoms with Gasteiger partial charge in [-0.2, -0.15) is 5.10 Å². The van der Waals surface area contributed by atoms with Crippen LogP contribution < -0.4 is 10.1 Å². The van der Waals surface area contributed by atoms with Crippen LogP contribution in [0.1, 0.15) is 19.3 Å². The van der Waals surface area contributed by atoms with Crippen LogP contribution in [0.25, 0.3) is 0 Å². The number of hydrogen-bond donors (Lipinski definition) is 1. The first-order valence-electron chi connectivity index (χ1n) is 7.20. The fourth-order valence-corrected chi connectivity index (χ4v) is 2.58. The summed E-state index contributed by atoms with van der Waals surface area (Å²) < 4.78 is 7.50. The highest BCUT2D eigenvalue weighted by Gasteiger charge is 2.13. The second-order valence-corrected chi connectivity index (χ2v) is 5.60. The van der Waals surface area contributed by atoms with Crippen LogP contribution in [0.4, 0.5) is 0 Å². The monoisotopic (exact) mass is 307 g/mol. The molecule has 1 N–H and O–H groups in total. The number of piperidine rings is 1. The van der Waals surface area contributed by atoms with Gasteiger partial charge in [0, 0.05) is 12.6 Å². The van der Waals surface area contributed by atoms with E-state index in [4.69, 9.17) is 16.3 Å². The Labute approximate surface area is 128 Å². The SMILES string of the molecule is Clc1ccc(Oc2cnn(CCC3CCNCC3)c2)nn1. The van der Waals surface area contributed by atoms with E-state index in [1.165, 1.54) is 12.8 Å². The zero-order valence-corrected chi connectivity index (χ0v) is 12.5. The number of hydrogen-bond acceptors (Lipinski definition) is 5. The Hall–Kier alpha value is -1.66. The lowest BCUT2D eigenvalue weighted by Crippen LogP contribution is -2.28. The standard InChI is InChI=1S/C14H18ClN5O/c15-13-1-2-14(19-18-13)21-12-9-17-20(10-12)8-5-11-3-6-16-7-4-11/h1-2,9-11,16H,3-8H2. The Morgan fingerprint density at radius 1 is 1.29 bits per heavy atom. The van der Waals surface area contributed by atoms with E-state index in [-0.39, 0.29) is 0 Å². The molecule has 112 valence electrons. The fraction of sp³-hybridized carbons (Fsp3) is 0.500. The van der Waals surface area contributed by atoms with Gasteiger partial charge < -0.3 is 10.1 Å². The topological polar surface area (TPSA) is 64.9 Å². The van der Waals surface area contributed by atoms with Gasteiger partial charge in [0.2, 0.25) is 5.88 Å². The van der Waals surface area contributed by atoms with Gasteiger partial charge in [-0.15, -0.1) is 10.2 Å². The molecule has 1 saturated heterocycles. The molecule has 2 aromatic rings. The summed E-state index contributed by atoms with van der Waals surface area (Å²) in [5.41, 5.74) is 0. The molecule has 1 aliphatic heterocycles. The molecule has 3 heterocycles. The lowest BCUT2D eigenvalue weighted by molar-refractivity contribution is 0.332. The first-order chi connectivity index (χ1) is 10.3. The summed E-state index contributed by atoms with van der Waals surface area (Å²) in [6, 6.07) is 3.33. The first kappa shape index (κ1) is 14.3. The molecular weight excluding hydrogens is 290 g/mol. The molecule has 0 saturated carbocycles. The minimum Gasteiger partial charge on any atom is -0.434 e. The minimum absolute atomic E-state index is 0.347. The van der Waals surface area contributed by atoms with Gasteiger partial charge >= 0.3 is 0 Å². The van der Waals surface area contributed by atoms with Crippen LogP contribution in [-0.4, -0.2) is 33.1 Å². The predicted octanol–water partition coefficient (Wildman–Crippen LogP) is 2.51. The number of rotatable bonds is 5. The van der Waals surface area contributed by atoms with E-state index in [1.54, 1.807) is 18.3 Å². The molecule has 2 aromatic heterocycles. The molecule has 0 atom stereocenters. The summed E-state index contributed by atoms with van der Waals surface area (Å²) in [7, 11) is 0. The molecule has 7 heteroatoms. The zero-order valence-electron chi connectivity index (χ0n) is 11.7. The molecule has 6 nitrogen and oxygen atoms in total. The summed E-state index contributed by atoms with van der Waals surface area (Å²) in [5, 5.41) is 15.6. The van der Waals surface area contributed by atoms with Gasteiger partial charge in [0.05, 0.1) is 12.4 Å². The average Bonchev–Trinajstić information content (AvgIpc) is 2.96. The Kier molecular flexibility index (Phi) is 4.67. The maximum atomic E-state index is 5.68. The van der Waals surface area contributed by atoms with Gasteiger partial charge in [0.1, 0.15) is 0 Å². The van der Waals surface area contributed by atoms with Crippen molar-refractivity contribution in [2.45, 2.75) is 25.8 Å².